The van der Waals surface area contributed by atoms with Gasteiger partial charge in [-0.15, -0.1) is 0 Å². The lowest BCUT2D eigenvalue weighted by atomic mass is 10.2. The number of anilines is 1. The van der Waals surface area contributed by atoms with Crippen LogP contribution in [0.15, 0.2) is 62.9 Å². The minimum absolute atomic E-state index is 0.106. The van der Waals surface area contributed by atoms with Gasteiger partial charge in [0.05, 0.1) is 23.3 Å². The molecule has 0 saturated carbocycles. The molecule has 3 rings (SSSR count). The van der Waals surface area contributed by atoms with Crippen LogP contribution in [0.25, 0.3) is 0 Å². The fourth-order valence-electron chi connectivity index (χ4n) is 2.25. The van der Waals surface area contributed by atoms with Crippen LogP contribution in [-0.2, 0) is 6.54 Å². The number of rotatable bonds is 5. The highest BCUT2D eigenvalue weighted by Gasteiger charge is 2.12. The lowest BCUT2D eigenvalue weighted by molar-refractivity contribution is 0.784. The van der Waals surface area contributed by atoms with E-state index in [1.165, 1.54) is 0 Å². The summed E-state index contributed by atoms with van der Waals surface area (Å²) in [4.78, 5) is 12.7. The second-order valence-corrected chi connectivity index (χ2v) is 7.69. The quantitative estimate of drug-likeness (QED) is 0.445. The van der Waals surface area contributed by atoms with Crippen molar-refractivity contribution in [3.63, 3.8) is 0 Å². The smallest absolute Gasteiger partial charge is 0.284 e. The predicted octanol–water partition coefficient (Wildman–Crippen LogP) is 5.13. The molecular formula is C18H15BrClN3OS. The second-order valence-electron chi connectivity index (χ2n) is 5.42. The molecule has 0 aliphatic carbocycles. The molecule has 1 aromatic heterocycles. The van der Waals surface area contributed by atoms with E-state index in [1.54, 1.807) is 10.8 Å². The van der Waals surface area contributed by atoms with Crippen LogP contribution in [0.5, 0.6) is 0 Å². The number of hydrogen-bond donors (Lipinski definition) is 1. The zero-order valence-electron chi connectivity index (χ0n) is 13.4. The SMILES string of the molecule is Cc1ccccc1NN=Cc1sc(=O)n(Cc2ccc(Br)cc2)c1Cl. The first-order valence-corrected chi connectivity index (χ1v) is 9.51. The van der Waals surface area contributed by atoms with E-state index in [0.717, 1.165) is 32.6 Å². The minimum Gasteiger partial charge on any atom is -0.284 e. The van der Waals surface area contributed by atoms with Crippen LogP contribution in [0.2, 0.25) is 5.15 Å². The molecular weight excluding hydrogens is 422 g/mol. The first-order chi connectivity index (χ1) is 12.0. The standard InChI is InChI=1S/C18H15BrClN3OS/c1-12-4-2-3-5-15(12)22-21-10-16-17(20)23(18(24)25-16)11-13-6-8-14(19)9-7-13/h2-10,22H,11H2,1H3. The van der Waals surface area contributed by atoms with Crippen LogP contribution in [0.4, 0.5) is 5.69 Å². The van der Waals surface area contributed by atoms with E-state index in [2.05, 4.69) is 26.5 Å². The van der Waals surface area contributed by atoms with Gasteiger partial charge in [0.15, 0.2) is 0 Å². The number of benzene rings is 2. The molecule has 2 aromatic carbocycles. The molecule has 25 heavy (non-hydrogen) atoms. The van der Waals surface area contributed by atoms with Crippen LogP contribution < -0.4 is 10.3 Å². The van der Waals surface area contributed by atoms with Gasteiger partial charge in [0.25, 0.3) is 0 Å². The summed E-state index contributed by atoms with van der Waals surface area (Å²) in [7, 11) is 0. The molecule has 128 valence electrons. The van der Waals surface area contributed by atoms with Crippen molar-refractivity contribution in [2.75, 3.05) is 5.43 Å². The van der Waals surface area contributed by atoms with E-state index >= 15 is 0 Å². The molecule has 0 fully saturated rings. The predicted molar refractivity (Wildman–Crippen MR) is 109 cm³/mol. The largest absolute Gasteiger partial charge is 0.309 e. The summed E-state index contributed by atoms with van der Waals surface area (Å²) < 4.78 is 2.54. The number of para-hydroxylation sites is 1. The maximum absolute atomic E-state index is 12.2. The van der Waals surface area contributed by atoms with Gasteiger partial charge in [-0.2, -0.15) is 5.10 Å². The van der Waals surface area contributed by atoms with Crippen molar-refractivity contribution in [1.29, 1.82) is 0 Å². The Labute approximate surface area is 162 Å². The molecule has 0 saturated heterocycles. The molecule has 1 N–H and O–H groups in total. The average Bonchev–Trinajstić information content (AvgIpc) is 2.86. The van der Waals surface area contributed by atoms with Gasteiger partial charge in [-0.1, -0.05) is 69.2 Å². The monoisotopic (exact) mass is 435 g/mol. The maximum atomic E-state index is 12.2. The molecule has 0 unspecified atom stereocenters. The molecule has 3 aromatic rings. The first-order valence-electron chi connectivity index (χ1n) is 7.53. The molecule has 0 radical (unpaired) electrons. The van der Waals surface area contributed by atoms with Gasteiger partial charge in [-0.3, -0.25) is 14.8 Å². The molecule has 0 aliphatic heterocycles. The third-order valence-electron chi connectivity index (χ3n) is 3.62. The highest BCUT2D eigenvalue weighted by atomic mass is 79.9. The van der Waals surface area contributed by atoms with Crippen molar-refractivity contribution in [2.24, 2.45) is 5.10 Å². The summed E-state index contributed by atoms with van der Waals surface area (Å²) >= 11 is 10.8. The highest BCUT2D eigenvalue weighted by Crippen LogP contribution is 2.20. The first kappa shape index (κ1) is 17.9. The Balaban J connectivity index is 1.77. The summed E-state index contributed by atoms with van der Waals surface area (Å²) in [5.74, 6) is 0. The zero-order valence-corrected chi connectivity index (χ0v) is 16.5. The van der Waals surface area contributed by atoms with Gasteiger partial charge in [0.2, 0.25) is 0 Å². The van der Waals surface area contributed by atoms with E-state index in [9.17, 15) is 4.79 Å². The number of aromatic nitrogens is 1. The molecule has 7 heteroatoms. The average molecular weight is 437 g/mol. The summed E-state index contributed by atoms with van der Waals surface area (Å²) in [6, 6.07) is 15.6. The summed E-state index contributed by atoms with van der Waals surface area (Å²) in [5, 5.41) is 4.60. The summed E-state index contributed by atoms with van der Waals surface area (Å²) in [6.07, 6.45) is 1.58. The Morgan fingerprint density at radius 2 is 1.96 bits per heavy atom. The van der Waals surface area contributed by atoms with Gasteiger partial charge in [0, 0.05) is 4.47 Å². The Bertz CT molecular complexity index is 963. The van der Waals surface area contributed by atoms with E-state index in [4.69, 9.17) is 11.6 Å². The van der Waals surface area contributed by atoms with Crippen LogP contribution in [0.1, 0.15) is 16.0 Å². The lowest BCUT2D eigenvalue weighted by Crippen LogP contribution is -2.13. The van der Waals surface area contributed by atoms with Crippen molar-refractivity contribution in [1.82, 2.24) is 4.57 Å². The molecule has 4 nitrogen and oxygen atoms in total. The summed E-state index contributed by atoms with van der Waals surface area (Å²) in [5.41, 5.74) is 5.98. The molecule has 0 bridgehead atoms. The Morgan fingerprint density at radius 3 is 2.68 bits per heavy atom. The van der Waals surface area contributed by atoms with E-state index < -0.39 is 0 Å². The molecule has 0 atom stereocenters. The lowest BCUT2D eigenvalue weighted by Gasteiger charge is -2.04. The topological polar surface area (TPSA) is 46.4 Å². The fraction of sp³-hybridized carbons (Fsp3) is 0.111. The van der Waals surface area contributed by atoms with Crippen molar-refractivity contribution in [3.05, 3.63) is 83.8 Å². The fourth-order valence-corrected chi connectivity index (χ4v) is 3.62. The normalized spacial score (nSPS) is 11.2. The van der Waals surface area contributed by atoms with Crippen molar-refractivity contribution in [2.45, 2.75) is 13.5 Å². The third kappa shape index (κ3) is 4.39. The number of hydrogen-bond acceptors (Lipinski definition) is 4. The third-order valence-corrected chi connectivity index (χ3v) is 5.59. The van der Waals surface area contributed by atoms with Crippen molar-refractivity contribution in [3.8, 4) is 0 Å². The number of thiazole rings is 1. The number of nitrogens with one attached hydrogen (secondary N) is 1. The van der Waals surface area contributed by atoms with Gasteiger partial charge in [0.1, 0.15) is 5.15 Å². The Hall–Kier alpha value is -1.89. The van der Waals surface area contributed by atoms with Gasteiger partial charge >= 0.3 is 4.87 Å². The van der Waals surface area contributed by atoms with E-state index in [-0.39, 0.29) is 4.87 Å². The number of nitrogens with zero attached hydrogens (tertiary/aromatic N) is 2. The Kier molecular flexibility index (Phi) is 5.73. The molecule has 0 aliphatic rings. The summed E-state index contributed by atoms with van der Waals surface area (Å²) in [6.45, 7) is 2.43. The molecule has 0 amide bonds. The minimum atomic E-state index is -0.106. The van der Waals surface area contributed by atoms with Gasteiger partial charge in [-0.25, -0.2) is 0 Å². The highest BCUT2D eigenvalue weighted by molar-refractivity contribution is 9.10. The van der Waals surface area contributed by atoms with Gasteiger partial charge in [-0.05, 0) is 36.2 Å². The number of hydrazone groups is 1. The molecule has 0 spiro atoms. The van der Waals surface area contributed by atoms with Crippen LogP contribution in [-0.4, -0.2) is 10.8 Å². The van der Waals surface area contributed by atoms with Crippen LogP contribution in [0.3, 0.4) is 0 Å². The van der Waals surface area contributed by atoms with Crippen LogP contribution in [0, 0.1) is 6.92 Å². The van der Waals surface area contributed by atoms with E-state index in [0.29, 0.717) is 16.6 Å². The number of halogens is 2. The number of aryl methyl sites for hydroxylation is 1. The Morgan fingerprint density at radius 1 is 1.24 bits per heavy atom. The second kappa shape index (κ2) is 7.99. The van der Waals surface area contributed by atoms with Crippen LogP contribution >= 0.6 is 38.9 Å². The molecule has 1 heterocycles. The van der Waals surface area contributed by atoms with Crippen molar-refractivity contribution < 1.29 is 0 Å². The van der Waals surface area contributed by atoms with E-state index in [1.807, 2.05) is 55.5 Å². The zero-order chi connectivity index (χ0) is 17.8. The van der Waals surface area contributed by atoms with Gasteiger partial charge < -0.3 is 0 Å². The maximum Gasteiger partial charge on any atom is 0.309 e. The van der Waals surface area contributed by atoms with Crippen molar-refractivity contribution >= 4 is 50.8 Å².